The molecule has 4 heteroatoms. The summed E-state index contributed by atoms with van der Waals surface area (Å²) in [6.07, 6.45) is 4.28. The Balaban J connectivity index is 2.05. The maximum Gasteiger partial charge on any atom is 0.251 e. The van der Waals surface area contributed by atoms with Gasteiger partial charge in [0, 0.05) is 12.1 Å². The molecule has 2 rings (SSSR count). The third-order valence-electron chi connectivity index (χ3n) is 4.29. The van der Waals surface area contributed by atoms with Gasteiger partial charge in [-0.1, -0.05) is 19.8 Å². The van der Waals surface area contributed by atoms with Gasteiger partial charge >= 0.3 is 0 Å². The average Bonchev–Trinajstić information content (AvgIpc) is 2.48. The van der Waals surface area contributed by atoms with E-state index in [1.54, 1.807) is 12.1 Å². The molecule has 0 saturated heterocycles. The number of hydrogen-bond acceptors (Lipinski definition) is 3. The molecule has 2 unspecified atom stereocenters. The highest BCUT2D eigenvalue weighted by Gasteiger charge is 2.35. The second kappa shape index (κ2) is 6.94. The van der Waals surface area contributed by atoms with E-state index in [4.69, 9.17) is 10.5 Å². The van der Waals surface area contributed by atoms with Crippen molar-refractivity contribution in [2.45, 2.75) is 45.1 Å². The zero-order valence-electron chi connectivity index (χ0n) is 13.0. The van der Waals surface area contributed by atoms with E-state index in [-0.39, 0.29) is 11.4 Å². The molecular formula is C17H26N2O2. The molecule has 1 aromatic carbocycles. The summed E-state index contributed by atoms with van der Waals surface area (Å²) in [5, 5.41) is 3.18. The molecule has 1 aliphatic carbocycles. The summed E-state index contributed by atoms with van der Waals surface area (Å²) in [6, 6.07) is 7.27. The van der Waals surface area contributed by atoms with Gasteiger partial charge < -0.3 is 15.8 Å². The molecule has 1 aliphatic rings. The lowest BCUT2D eigenvalue weighted by Crippen LogP contribution is -2.56. The smallest absolute Gasteiger partial charge is 0.251 e. The van der Waals surface area contributed by atoms with Gasteiger partial charge in [0.2, 0.25) is 0 Å². The van der Waals surface area contributed by atoms with Crippen molar-refractivity contribution in [3.8, 4) is 5.75 Å². The lowest BCUT2D eigenvalue weighted by atomic mass is 9.76. The van der Waals surface area contributed by atoms with Crippen LogP contribution in [-0.4, -0.2) is 24.6 Å². The fourth-order valence-corrected chi connectivity index (χ4v) is 3.19. The standard InChI is InChI=1S/C17H26N2O2/c1-3-21-15-8-6-14(7-9-15)16(20)19-17(12-18)10-4-5-13(2)11-17/h6-9,13H,3-5,10-12,18H2,1-2H3,(H,19,20). The summed E-state index contributed by atoms with van der Waals surface area (Å²) in [6.45, 7) is 5.29. The summed E-state index contributed by atoms with van der Waals surface area (Å²) >= 11 is 0. The first-order valence-corrected chi connectivity index (χ1v) is 7.84. The largest absolute Gasteiger partial charge is 0.494 e. The van der Waals surface area contributed by atoms with Crippen molar-refractivity contribution in [2.75, 3.05) is 13.2 Å². The van der Waals surface area contributed by atoms with E-state index >= 15 is 0 Å². The Morgan fingerprint density at radius 1 is 1.43 bits per heavy atom. The van der Waals surface area contributed by atoms with Gasteiger partial charge in [-0.3, -0.25) is 4.79 Å². The number of hydrogen-bond donors (Lipinski definition) is 2. The molecule has 1 fully saturated rings. The van der Waals surface area contributed by atoms with Crippen LogP contribution >= 0.6 is 0 Å². The molecule has 1 amide bonds. The molecule has 0 radical (unpaired) electrons. The molecular weight excluding hydrogens is 264 g/mol. The van der Waals surface area contributed by atoms with Crippen LogP contribution in [0.2, 0.25) is 0 Å². The molecule has 3 N–H and O–H groups in total. The second-order valence-corrected chi connectivity index (χ2v) is 6.10. The molecule has 1 aromatic rings. The van der Waals surface area contributed by atoms with Gasteiger partial charge in [-0.15, -0.1) is 0 Å². The minimum atomic E-state index is -0.243. The molecule has 2 atom stereocenters. The molecule has 1 saturated carbocycles. The number of carbonyl (C=O) groups excluding carboxylic acids is 1. The van der Waals surface area contributed by atoms with Crippen molar-refractivity contribution < 1.29 is 9.53 Å². The fraction of sp³-hybridized carbons (Fsp3) is 0.588. The van der Waals surface area contributed by atoms with Crippen molar-refractivity contribution in [2.24, 2.45) is 11.7 Å². The highest BCUT2D eigenvalue weighted by Crippen LogP contribution is 2.31. The minimum Gasteiger partial charge on any atom is -0.494 e. The van der Waals surface area contributed by atoms with Gasteiger partial charge in [0.05, 0.1) is 12.1 Å². The van der Waals surface area contributed by atoms with E-state index in [0.717, 1.165) is 25.0 Å². The van der Waals surface area contributed by atoms with E-state index in [1.807, 2.05) is 19.1 Å². The fourth-order valence-electron chi connectivity index (χ4n) is 3.19. The zero-order chi connectivity index (χ0) is 15.3. The molecule has 21 heavy (non-hydrogen) atoms. The molecule has 116 valence electrons. The molecule has 0 spiro atoms. The van der Waals surface area contributed by atoms with Crippen LogP contribution in [0.25, 0.3) is 0 Å². The molecule has 0 aromatic heterocycles. The summed E-state index contributed by atoms with van der Waals surface area (Å²) in [5.41, 5.74) is 6.37. The van der Waals surface area contributed by atoms with Gasteiger partial charge in [-0.25, -0.2) is 0 Å². The van der Waals surface area contributed by atoms with Crippen LogP contribution in [0.15, 0.2) is 24.3 Å². The predicted octanol–water partition coefficient (Wildman–Crippen LogP) is 2.72. The lowest BCUT2D eigenvalue weighted by Gasteiger charge is -2.40. The van der Waals surface area contributed by atoms with Crippen molar-refractivity contribution in [3.05, 3.63) is 29.8 Å². The van der Waals surface area contributed by atoms with Crippen LogP contribution in [0.3, 0.4) is 0 Å². The topological polar surface area (TPSA) is 64.3 Å². The number of benzene rings is 1. The van der Waals surface area contributed by atoms with Gasteiger partial charge in [-0.2, -0.15) is 0 Å². The van der Waals surface area contributed by atoms with Gasteiger partial charge in [-0.05, 0) is 49.9 Å². The minimum absolute atomic E-state index is 0.0439. The van der Waals surface area contributed by atoms with Crippen molar-refractivity contribution in [1.82, 2.24) is 5.32 Å². The first-order chi connectivity index (χ1) is 10.1. The van der Waals surface area contributed by atoms with Crippen LogP contribution in [0, 0.1) is 5.92 Å². The molecule has 4 nitrogen and oxygen atoms in total. The van der Waals surface area contributed by atoms with Crippen molar-refractivity contribution in [3.63, 3.8) is 0 Å². The van der Waals surface area contributed by atoms with Crippen LogP contribution in [0.4, 0.5) is 0 Å². The number of nitrogens with one attached hydrogen (secondary N) is 1. The van der Waals surface area contributed by atoms with Crippen molar-refractivity contribution >= 4 is 5.91 Å². The summed E-state index contributed by atoms with van der Waals surface area (Å²) in [7, 11) is 0. The number of rotatable bonds is 5. The zero-order valence-corrected chi connectivity index (χ0v) is 13.0. The number of ether oxygens (including phenoxy) is 1. The quantitative estimate of drug-likeness (QED) is 0.876. The summed E-state index contributed by atoms with van der Waals surface area (Å²) < 4.78 is 5.39. The maximum atomic E-state index is 12.4. The Morgan fingerprint density at radius 2 is 2.14 bits per heavy atom. The Hall–Kier alpha value is -1.55. The normalized spacial score (nSPS) is 25.4. The number of nitrogens with two attached hydrogens (primary N) is 1. The number of carbonyl (C=O) groups is 1. The highest BCUT2D eigenvalue weighted by atomic mass is 16.5. The van der Waals surface area contributed by atoms with E-state index in [9.17, 15) is 4.79 Å². The van der Waals surface area contributed by atoms with E-state index in [2.05, 4.69) is 12.2 Å². The first kappa shape index (κ1) is 15.8. The molecule has 0 aliphatic heterocycles. The monoisotopic (exact) mass is 290 g/mol. The molecule has 0 heterocycles. The van der Waals surface area contributed by atoms with Crippen LogP contribution in [0.5, 0.6) is 5.75 Å². The Bertz CT molecular complexity index is 472. The van der Waals surface area contributed by atoms with E-state index < -0.39 is 0 Å². The summed E-state index contributed by atoms with van der Waals surface area (Å²) in [5.74, 6) is 1.36. The second-order valence-electron chi connectivity index (χ2n) is 6.10. The number of amides is 1. The van der Waals surface area contributed by atoms with Gasteiger partial charge in [0.25, 0.3) is 5.91 Å². The average molecular weight is 290 g/mol. The molecule has 0 bridgehead atoms. The van der Waals surface area contributed by atoms with E-state index in [0.29, 0.717) is 24.6 Å². The Morgan fingerprint density at radius 3 is 2.71 bits per heavy atom. The first-order valence-electron chi connectivity index (χ1n) is 7.84. The predicted molar refractivity (Wildman–Crippen MR) is 84.5 cm³/mol. The summed E-state index contributed by atoms with van der Waals surface area (Å²) in [4.78, 5) is 12.4. The van der Waals surface area contributed by atoms with Gasteiger partial charge in [0.15, 0.2) is 0 Å². The highest BCUT2D eigenvalue weighted by molar-refractivity contribution is 5.94. The van der Waals surface area contributed by atoms with E-state index in [1.165, 1.54) is 6.42 Å². The third kappa shape index (κ3) is 3.97. The Kier molecular flexibility index (Phi) is 5.23. The van der Waals surface area contributed by atoms with Crippen LogP contribution < -0.4 is 15.8 Å². The third-order valence-corrected chi connectivity index (χ3v) is 4.29. The Labute approximate surface area is 127 Å². The van der Waals surface area contributed by atoms with Crippen molar-refractivity contribution in [1.29, 1.82) is 0 Å². The lowest BCUT2D eigenvalue weighted by molar-refractivity contribution is 0.0854. The SMILES string of the molecule is CCOc1ccc(C(=O)NC2(CN)CCCC(C)C2)cc1. The van der Waals surface area contributed by atoms with Gasteiger partial charge in [0.1, 0.15) is 5.75 Å². The maximum absolute atomic E-state index is 12.4. The van der Waals surface area contributed by atoms with Crippen LogP contribution in [0.1, 0.15) is 49.9 Å². The van der Waals surface area contributed by atoms with Crippen LogP contribution in [-0.2, 0) is 0 Å².